The molecule has 110 valence electrons. The third kappa shape index (κ3) is 2.88. The number of hydrogen-bond donors (Lipinski definition) is 1. The second-order valence-electron chi connectivity index (χ2n) is 5.22. The van der Waals surface area contributed by atoms with Gasteiger partial charge in [0.1, 0.15) is 13.2 Å². The van der Waals surface area contributed by atoms with Crippen LogP contribution in [0.15, 0.2) is 42.5 Å². The average Bonchev–Trinajstić information content (AvgIpc) is 2.56. The molecule has 0 aromatic heterocycles. The largest absolute Gasteiger partial charge is 0.486 e. The maximum absolute atomic E-state index is 5.69. The van der Waals surface area contributed by atoms with Crippen molar-refractivity contribution in [3.05, 3.63) is 59.2 Å². The van der Waals surface area contributed by atoms with Crippen LogP contribution in [0.1, 0.15) is 29.7 Å². The highest BCUT2D eigenvalue weighted by molar-refractivity contribution is 5.46. The van der Waals surface area contributed by atoms with E-state index in [1.54, 1.807) is 0 Å². The summed E-state index contributed by atoms with van der Waals surface area (Å²) in [6.45, 7) is 3.42. The minimum atomic E-state index is 0.160. The molecule has 0 saturated heterocycles. The van der Waals surface area contributed by atoms with E-state index in [2.05, 4.69) is 48.6 Å². The first-order valence-electron chi connectivity index (χ1n) is 7.47. The lowest BCUT2D eigenvalue weighted by molar-refractivity contribution is 0.171. The summed E-state index contributed by atoms with van der Waals surface area (Å²) in [4.78, 5) is 0. The second kappa shape index (κ2) is 6.19. The van der Waals surface area contributed by atoms with Gasteiger partial charge >= 0.3 is 0 Å². The number of benzene rings is 2. The highest BCUT2D eigenvalue weighted by Gasteiger charge is 2.17. The van der Waals surface area contributed by atoms with Crippen molar-refractivity contribution in [2.45, 2.75) is 19.4 Å². The van der Waals surface area contributed by atoms with Gasteiger partial charge in [0.15, 0.2) is 11.5 Å². The molecular weight excluding hydrogens is 262 g/mol. The molecule has 2 aromatic rings. The molecular formula is C18H21NO2. The Morgan fingerprint density at radius 3 is 2.52 bits per heavy atom. The van der Waals surface area contributed by atoms with Crippen LogP contribution in [0.4, 0.5) is 0 Å². The van der Waals surface area contributed by atoms with E-state index in [0.717, 1.165) is 17.9 Å². The molecule has 1 N–H and O–H groups in total. The van der Waals surface area contributed by atoms with Crippen LogP contribution in [0.3, 0.4) is 0 Å². The van der Waals surface area contributed by atoms with E-state index in [1.807, 2.05) is 13.1 Å². The number of nitrogens with one attached hydrogen (secondary N) is 1. The number of hydrogen-bond acceptors (Lipinski definition) is 3. The van der Waals surface area contributed by atoms with Crippen LogP contribution < -0.4 is 14.8 Å². The Hall–Kier alpha value is -2.00. The zero-order valence-corrected chi connectivity index (χ0v) is 12.6. The molecule has 2 aromatic carbocycles. The Labute approximate surface area is 125 Å². The minimum absolute atomic E-state index is 0.160. The quantitative estimate of drug-likeness (QED) is 0.933. The van der Waals surface area contributed by atoms with Gasteiger partial charge < -0.3 is 14.8 Å². The van der Waals surface area contributed by atoms with Gasteiger partial charge in [-0.05, 0) is 42.3 Å². The molecule has 1 atom stereocenters. The van der Waals surface area contributed by atoms with Crippen molar-refractivity contribution >= 4 is 0 Å². The topological polar surface area (TPSA) is 30.5 Å². The summed E-state index contributed by atoms with van der Waals surface area (Å²) < 4.78 is 11.3. The lowest BCUT2D eigenvalue weighted by Crippen LogP contribution is -2.19. The Morgan fingerprint density at radius 2 is 1.76 bits per heavy atom. The van der Waals surface area contributed by atoms with Gasteiger partial charge in [-0.2, -0.15) is 0 Å². The normalized spacial score (nSPS) is 14.8. The van der Waals surface area contributed by atoms with E-state index in [1.165, 1.54) is 16.7 Å². The maximum atomic E-state index is 5.69. The van der Waals surface area contributed by atoms with Crippen molar-refractivity contribution in [2.24, 2.45) is 0 Å². The van der Waals surface area contributed by atoms with Crippen molar-refractivity contribution in [1.29, 1.82) is 0 Å². The fourth-order valence-electron chi connectivity index (χ4n) is 2.76. The highest BCUT2D eigenvalue weighted by atomic mass is 16.6. The summed E-state index contributed by atoms with van der Waals surface area (Å²) in [5.74, 6) is 1.67. The fraction of sp³-hybridized carbons (Fsp3) is 0.333. The summed E-state index contributed by atoms with van der Waals surface area (Å²) in [5.41, 5.74) is 3.81. The Morgan fingerprint density at radius 1 is 1.00 bits per heavy atom. The lowest BCUT2D eigenvalue weighted by Gasteiger charge is -2.22. The smallest absolute Gasteiger partial charge is 0.161 e. The molecule has 0 aliphatic carbocycles. The monoisotopic (exact) mass is 283 g/mol. The van der Waals surface area contributed by atoms with Crippen LogP contribution >= 0.6 is 0 Å². The van der Waals surface area contributed by atoms with Crippen LogP contribution in [0.2, 0.25) is 0 Å². The maximum Gasteiger partial charge on any atom is 0.161 e. The molecule has 1 heterocycles. The second-order valence-corrected chi connectivity index (χ2v) is 5.22. The molecule has 0 fully saturated rings. The summed E-state index contributed by atoms with van der Waals surface area (Å²) in [7, 11) is 1.99. The molecule has 0 spiro atoms. The average molecular weight is 283 g/mol. The van der Waals surface area contributed by atoms with Crippen LogP contribution in [0, 0.1) is 0 Å². The molecule has 0 saturated carbocycles. The van der Waals surface area contributed by atoms with E-state index in [0.29, 0.717) is 13.2 Å². The van der Waals surface area contributed by atoms with Crippen LogP contribution in [0.25, 0.3) is 0 Å². The first-order valence-corrected chi connectivity index (χ1v) is 7.47. The van der Waals surface area contributed by atoms with Gasteiger partial charge in [-0.15, -0.1) is 0 Å². The van der Waals surface area contributed by atoms with E-state index in [-0.39, 0.29) is 6.04 Å². The van der Waals surface area contributed by atoms with Gasteiger partial charge in [-0.1, -0.05) is 37.3 Å². The van der Waals surface area contributed by atoms with Gasteiger partial charge in [0.25, 0.3) is 0 Å². The first-order chi connectivity index (χ1) is 10.3. The fourth-order valence-corrected chi connectivity index (χ4v) is 2.76. The van der Waals surface area contributed by atoms with E-state index >= 15 is 0 Å². The van der Waals surface area contributed by atoms with Gasteiger partial charge in [0, 0.05) is 0 Å². The predicted molar refractivity (Wildman–Crippen MR) is 84.2 cm³/mol. The molecule has 1 aliphatic rings. The molecule has 0 bridgehead atoms. The highest BCUT2D eigenvalue weighted by Crippen LogP contribution is 2.34. The molecule has 21 heavy (non-hydrogen) atoms. The first kappa shape index (κ1) is 14.0. The molecule has 1 unspecified atom stereocenters. The van der Waals surface area contributed by atoms with Crippen LogP contribution in [0.5, 0.6) is 11.5 Å². The Kier molecular flexibility index (Phi) is 4.11. The van der Waals surface area contributed by atoms with Gasteiger partial charge in [-0.3, -0.25) is 0 Å². The van der Waals surface area contributed by atoms with E-state index < -0.39 is 0 Å². The van der Waals surface area contributed by atoms with Gasteiger partial charge in [0.2, 0.25) is 0 Å². The SMILES string of the molecule is CCc1cccc(C(NC)c2ccc3c(c2)OCCO3)c1. The van der Waals surface area contributed by atoms with Gasteiger partial charge in [-0.25, -0.2) is 0 Å². The molecule has 3 rings (SSSR count). The van der Waals surface area contributed by atoms with Crippen LogP contribution in [-0.4, -0.2) is 20.3 Å². The molecule has 3 heteroatoms. The predicted octanol–water partition coefficient (Wildman–Crippen LogP) is 3.33. The number of aryl methyl sites for hydroxylation is 1. The molecule has 1 aliphatic heterocycles. The zero-order valence-electron chi connectivity index (χ0n) is 12.6. The van der Waals surface area contributed by atoms with E-state index in [4.69, 9.17) is 9.47 Å². The van der Waals surface area contributed by atoms with Crippen LogP contribution in [-0.2, 0) is 6.42 Å². The summed E-state index contributed by atoms with van der Waals surface area (Å²) in [6.07, 6.45) is 1.05. The third-order valence-corrected chi connectivity index (χ3v) is 3.88. The number of rotatable bonds is 4. The number of fused-ring (bicyclic) bond motifs is 1. The Balaban J connectivity index is 1.95. The summed E-state index contributed by atoms with van der Waals surface area (Å²) in [5, 5.41) is 3.40. The minimum Gasteiger partial charge on any atom is -0.486 e. The molecule has 0 amide bonds. The zero-order chi connectivity index (χ0) is 14.7. The summed E-state index contributed by atoms with van der Waals surface area (Å²) in [6, 6.07) is 15.1. The van der Waals surface area contributed by atoms with Crippen molar-refractivity contribution < 1.29 is 9.47 Å². The third-order valence-electron chi connectivity index (χ3n) is 3.88. The van der Waals surface area contributed by atoms with E-state index in [9.17, 15) is 0 Å². The molecule has 3 nitrogen and oxygen atoms in total. The van der Waals surface area contributed by atoms with Gasteiger partial charge in [0.05, 0.1) is 6.04 Å². The molecule has 0 radical (unpaired) electrons. The van der Waals surface area contributed by atoms with Crippen molar-refractivity contribution in [3.63, 3.8) is 0 Å². The van der Waals surface area contributed by atoms with Crippen molar-refractivity contribution in [1.82, 2.24) is 5.32 Å². The lowest BCUT2D eigenvalue weighted by atomic mass is 9.96. The summed E-state index contributed by atoms with van der Waals surface area (Å²) >= 11 is 0. The standard InChI is InChI=1S/C18H21NO2/c1-3-13-5-4-6-14(11-13)18(19-2)15-7-8-16-17(12-15)21-10-9-20-16/h4-8,11-12,18-19H,3,9-10H2,1-2H3. The van der Waals surface area contributed by atoms with Crippen molar-refractivity contribution in [3.8, 4) is 11.5 Å². The Bertz CT molecular complexity index is 624. The number of ether oxygens (including phenoxy) is 2. The van der Waals surface area contributed by atoms with Crippen molar-refractivity contribution in [2.75, 3.05) is 20.3 Å².